The molecule has 29 heavy (non-hydrogen) atoms. The lowest BCUT2D eigenvalue weighted by Crippen LogP contribution is -2.36. The van der Waals surface area contributed by atoms with E-state index in [1.165, 1.54) is 16.4 Å². The van der Waals surface area contributed by atoms with Crippen LogP contribution in [0.25, 0.3) is 0 Å². The van der Waals surface area contributed by atoms with Gasteiger partial charge < -0.3 is 10.2 Å². The van der Waals surface area contributed by atoms with Gasteiger partial charge >= 0.3 is 0 Å². The van der Waals surface area contributed by atoms with E-state index in [1.807, 2.05) is 0 Å². The highest BCUT2D eigenvalue weighted by atomic mass is 35.5. The summed E-state index contributed by atoms with van der Waals surface area (Å²) in [6.07, 6.45) is 0.979. The average molecular weight is 440 g/mol. The number of nitrogens with one attached hydrogen (secondary N) is 1. The number of nitrogens with zero attached hydrogens (tertiary/aromatic N) is 2. The van der Waals surface area contributed by atoms with Gasteiger partial charge in [0.1, 0.15) is 5.82 Å². The number of anilines is 1. The highest BCUT2D eigenvalue weighted by Crippen LogP contribution is 2.18. The molecular formula is C20H23ClFN3O3S. The van der Waals surface area contributed by atoms with Crippen molar-refractivity contribution in [3.63, 3.8) is 0 Å². The summed E-state index contributed by atoms with van der Waals surface area (Å²) in [6.45, 7) is 2.52. The predicted octanol–water partition coefficient (Wildman–Crippen LogP) is 3.20. The first-order chi connectivity index (χ1) is 13.8. The quantitative estimate of drug-likeness (QED) is 0.750. The molecular weight excluding hydrogens is 417 g/mol. The minimum atomic E-state index is -3.65. The number of sulfonamides is 1. The lowest BCUT2D eigenvalue weighted by atomic mass is 10.3. The molecule has 156 valence electrons. The average Bonchev–Trinajstić information content (AvgIpc) is 2.95. The van der Waals surface area contributed by atoms with Crippen molar-refractivity contribution in [2.24, 2.45) is 0 Å². The minimum absolute atomic E-state index is 0.0923. The number of hydrogen-bond donors (Lipinski definition) is 1. The van der Waals surface area contributed by atoms with Crippen LogP contribution in [0.5, 0.6) is 0 Å². The van der Waals surface area contributed by atoms with E-state index >= 15 is 0 Å². The van der Waals surface area contributed by atoms with E-state index in [9.17, 15) is 17.6 Å². The standard InChI is InChI=1S/C20H23ClFN3O3S/c21-16-2-6-18(7-3-16)23-20(26)10-13-24-11-1-12-25(15-14-24)29(27,28)19-8-4-17(22)5-9-19/h2-9H,1,10-15H2,(H,23,26). The zero-order chi connectivity index (χ0) is 20.9. The Morgan fingerprint density at radius 1 is 1.00 bits per heavy atom. The summed E-state index contributed by atoms with van der Waals surface area (Å²) >= 11 is 5.83. The summed E-state index contributed by atoms with van der Waals surface area (Å²) in [5.41, 5.74) is 0.687. The summed E-state index contributed by atoms with van der Waals surface area (Å²) in [5, 5.41) is 3.43. The molecule has 1 aliphatic heterocycles. The van der Waals surface area contributed by atoms with E-state index in [0.29, 0.717) is 56.3 Å². The minimum Gasteiger partial charge on any atom is -0.326 e. The monoisotopic (exact) mass is 439 g/mol. The van der Waals surface area contributed by atoms with Crippen LogP contribution >= 0.6 is 11.6 Å². The van der Waals surface area contributed by atoms with Gasteiger partial charge in [0.15, 0.2) is 0 Å². The molecule has 1 N–H and O–H groups in total. The van der Waals surface area contributed by atoms with Crippen LogP contribution in [0.3, 0.4) is 0 Å². The first-order valence-electron chi connectivity index (χ1n) is 9.38. The van der Waals surface area contributed by atoms with Crippen LogP contribution in [0.4, 0.5) is 10.1 Å². The largest absolute Gasteiger partial charge is 0.326 e. The van der Waals surface area contributed by atoms with Crippen molar-refractivity contribution >= 4 is 33.2 Å². The third kappa shape index (κ3) is 5.99. The SMILES string of the molecule is O=C(CCN1CCCN(S(=O)(=O)c2ccc(F)cc2)CC1)Nc1ccc(Cl)cc1. The molecule has 9 heteroatoms. The number of carbonyl (C=O) groups is 1. The fraction of sp³-hybridized carbons (Fsp3) is 0.350. The summed E-state index contributed by atoms with van der Waals surface area (Å²) in [6, 6.07) is 11.8. The second kappa shape index (κ2) is 9.67. The van der Waals surface area contributed by atoms with E-state index in [2.05, 4.69) is 10.2 Å². The maximum Gasteiger partial charge on any atom is 0.243 e. The maximum atomic E-state index is 13.1. The van der Waals surface area contributed by atoms with Crippen molar-refractivity contribution in [3.8, 4) is 0 Å². The highest BCUT2D eigenvalue weighted by Gasteiger charge is 2.27. The second-order valence-corrected chi connectivity index (χ2v) is 9.23. The Labute approximate surface area is 175 Å². The Bertz CT molecular complexity index is 936. The molecule has 1 aliphatic rings. The summed E-state index contributed by atoms with van der Waals surface area (Å²) in [7, 11) is -3.65. The molecule has 0 aliphatic carbocycles. The number of amides is 1. The number of carbonyl (C=O) groups excluding carboxylic acids is 1. The van der Waals surface area contributed by atoms with Crippen LogP contribution in [-0.2, 0) is 14.8 Å². The Hall–Kier alpha value is -2.00. The van der Waals surface area contributed by atoms with Gasteiger partial charge in [0.25, 0.3) is 0 Å². The molecule has 0 unspecified atom stereocenters. The summed E-state index contributed by atoms with van der Waals surface area (Å²) < 4.78 is 40.0. The van der Waals surface area contributed by atoms with Gasteiger partial charge in [-0.3, -0.25) is 4.79 Å². The van der Waals surface area contributed by atoms with E-state index in [-0.39, 0.29) is 10.8 Å². The maximum absolute atomic E-state index is 13.1. The molecule has 0 spiro atoms. The Morgan fingerprint density at radius 2 is 1.69 bits per heavy atom. The smallest absolute Gasteiger partial charge is 0.243 e. The molecule has 2 aromatic rings. The van der Waals surface area contributed by atoms with Gasteiger partial charge in [-0.2, -0.15) is 4.31 Å². The molecule has 0 atom stereocenters. The van der Waals surface area contributed by atoms with Crippen molar-refractivity contribution < 1.29 is 17.6 Å². The molecule has 3 rings (SSSR count). The number of rotatable bonds is 6. The number of hydrogen-bond acceptors (Lipinski definition) is 4. The summed E-state index contributed by atoms with van der Waals surface area (Å²) in [5.74, 6) is -0.574. The lowest BCUT2D eigenvalue weighted by Gasteiger charge is -2.21. The van der Waals surface area contributed by atoms with E-state index in [0.717, 1.165) is 12.1 Å². The zero-order valence-electron chi connectivity index (χ0n) is 15.9. The third-order valence-electron chi connectivity index (χ3n) is 4.78. The van der Waals surface area contributed by atoms with Crippen molar-refractivity contribution in [2.75, 3.05) is 38.0 Å². The topological polar surface area (TPSA) is 69.7 Å². The molecule has 1 heterocycles. The second-order valence-electron chi connectivity index (χ2n) is 6.86. The van der Waals surface area contributed by atoms with Crippen LogP contribution in [0.15, 0.2) is 53.4 Å². The Kier molecular flexibility index (Phi) is 7.23. The molecule has 0 bridgehead atoms. The molecule has 1 fully saturated rings. The molecule has 1 amide bonds. The normalized spacial score (nSPS) is 16.3. The van der Waals surface area contributed by atoms with Gasteiger partial charge in [0, 0.05) is 43.3 Å². The van der Waals surface area contributed by atoms with Crippen LogP contribution in [0.1, 0.15) is 12.8 Å². The molecule has 0 radical (unpaired) electrons. The number of halogens is 2. The highest BCUT2D eigenvalue weighted by molar-refractivity contribution is 7.89. The Balaban J connectivity index is 1.51. The van der Waals surface area contributed by atoms with Crippen molar-refractivity contribution in [3.05, 3.63) is 59.4 Å². The molecule has 0 aromatic heterocycles. The zero-order valence-corrected chi connectivity index (χ0v) is 17.4. The van der Waals surface area contributed by atoms with Crippen LogP contribution in [-0.4, -0.2) is 56.3 Å². The van der Waals surface area contributed by atoms with E-state index < -0.39 is 15.8 Å². The van der Waals surface area contributed by atoms with Crippen molar-refractivity contribution in [1.29, 1.82) is 0 Å². The van der Waals surface area contributed by atoms with Crippen LogP contribution in [0.2, 0.25) is 5.02 Å². The third-order valence-corrected chi connectivity index (χ3v) is 6.95. The molecule has 1 saturated heterocycles. The molecule has 0 saturated carbocycles. The van der Waals surface area contributed by atoms with E-state index in [1.54, 1.807) is 24.3 Å². The van der Waals surface area contributed by atoms with Gasteiger partial charge in [-0.15, -0.1) is 0 Å². The van der Waals surface area contributed by atoms with Crippen molar-refractivity contribution in [2.45, 2.75) is 17.7 Å². The predicted molar refractivity (Wildman–Crippen MR) is 111 cm³/mol. The molecule has 6 nitrogen and oxygen atoms in total. The van der Waals surface area contributed by atoms with Gasteiger partial charge in [0.2, 0.25) is 15.9 Å². The van der Waals surface area contributed by atoms with Crippen LogP contribution < -0.4 is 5.32 Å². The lowest BCUT2D eigenvalue weighted by molar-refractivity contribution is -0.116. The van der Waals surface area contributed by atoms with Crippen LogP contribution in [0, 0.1) is 5.82 Å². The number of benzene rings is 2. The fourth-order valence-corrected chi connectivity index (χ4v) is 4.78. The first kappa shape index (κ1) is 21.7. The van der Waals surface area contributed by atoms with Gasteiger partial charge in [-0.25, -0.2) is 12.8 Å². The van der Waals surface area contributed by atoms with Gasteiger partial charge in [-0.05, 0) is 61.5 Å². The first-order valence-corrected chi connectivity index (χ1v) is 11.2. The fourth-order valence-electron chi connectivity index (χ4n) is 3.18. The summed E-state index contributed by atoms with van der Waals surface area (Å²) in [4.78, 5) is 14.3. The van der Waals surface area contributed by atoms with E-state index in [4.69, 9.17) is 11.6 Å². The van der Waals surface area contributed by atoms with Gasteiger partial charge in [-0.1, -0.05) is 11.6 Å². The van der Waals surface area contributed by atoms with Crippen molar-refractivity contribution in [1.82, 2.24) is 9.21 Å². The van der Waals surface area contributed by atoms with Gasteiger partial charge in [0.05, 0.1) is 4.90 Å². The molecule has 2 aromatic carbocycles. The Morgan fingerprint density at radius 3 is 2.38 bits per heavy atom.